The third-order valence-corrected chi connectivity index (χ3v) is 3.34. The van der Waals surface area contributed by atoms with Gasteiger partial charge in [0.15, 0.2) is 0 Å². The number of rotatable bonds is 6. The molecule has 1 aromatic rings. The molecule has 0 radical (unpaired) electrons. The summed E-state index contributed by atoms with van der Waals surface area (Å²) in [4.78, 5) is 0. The highest BCUT2D eigenvalue weighted by molar-refractivity contribution is 6.36. The molecule has 0 aliphatic carbocycles. The van der Waals surface area contributed by atoms with Crippen LogP contribution in [0.5, 0.6) is 0 Å². The van der Waals surface area contributed by atoms with E-state index in [2.05, 4.69) is 6.92 Å². The lowest BCUT2D eigenvalue weighted by molar-refractivity contribution is 0.0934. The van der Waals surface area contributed by atoms with E-state index in [1.807, 2.05) is 18.2 Å². The second kappa shape index (κ2) is 7.16. The standard InChI is InChI=1S/C13H18Cl2O/c1-3-4-5-9-12(16-2)13-10(14)7-6-8-11(13)15/h6-8,12H,3-5,9H2,1-2H3/t12-/m1/s1. The Morgan fingerprint density at radius 3 is 2.31 bits per heavy atom. The first-order valence-electron chi connectivity index (χ1n) is 5.67. The molecular formula is C13H18Cl2O. The van der Waals surface area contributed by atoms with Gasteiger partial charge in [0.1, 0.15) is 0 Å². The minimum Gasteiger partial charge on any atom is -0.377 e. The summed E-state index contributed by atoms with van der Waals surface area (Å²) in [7, 11) is 1.70. The third-order valence-electron chi connectivity index (χ3n) is 2.68. The Labute approximate surface area is 108 Å². The Hall–Kier alpha value is -0.240. The predicted octanol–water partition coefficient (Wildman–Crippen LogP) is 5.26. The fourth-order valence-electron chi connectivity index (χ4n) is 1.78. The quantitative estimate of drug-likeness (QED) is 0.634. The molecule has 0 aliphatic heterocycles. The molecule has 0 spiro atoms. The van der Waals surface area contributed by atoms with E-state index in [1.165, 1.54) is 12.8 Å². The Morgan fingerprint density at radius 1 is 1.19 bits per heavy atom. The maximum Gasteiger partial charge on any atom is 0.0850 e. The molecule has 0 amide bonds. The number of hydrogen-bond acceptors (Lipinski definition) is 1. The zero-order valence-corrected chi connectivity index (χ0v) is 11.3. The van der Waals surface area contributed by atoms with Crippen molar-refractivity contribution >= 4 is 23.2 Å². The maximum atomic E-state index is 6.15. The van der Waals surface area contributed by atoms with Crippen molar-refractivity contribution < 1.29 is 4.74 Å². The molecule has 0 bridgehead atoms. The Balaban J connectivity index is 2.78. The van der Waals surface area contributed by atoms with Crippen molar-refractivity contribution in [1.29, 1.82) is 0 Å². The highest BCUT2D eigenvalue weighted by Crippen LogP contribution is 2.34. The zero-order valence-electron chi connectivity index (χ0n) is 9.80. The fraction of sp³-hybridized carbons (Fsp3) is 0.538. The number of methoxy groups -OCH3 is 1. The smallest absolute Gasteiger partial charge is 0.0850 e. The maximum absolute atomic E-state index is 6.15. The van der Waals surface area contributed by atoms with Crippen LogP contribution >= 0.6 is 23.2 Å². The molecule has 90 valence electrons. The first-order valence-corrected chi connectivity index (χ1v) is 6.43. The summed E-state index contributed by atoms with van der Waals surface area (Å²) in [6, 6.07) is 5.57. The molecule has 0 aliphatic rings. The monoisotopic (exact) mass is 260 g/mol. The number of hydrogen-bond donors (Lipinski definition) is 0. The summed E-state index contributed by atoms with van der Waals surface area (Å²) in [6.07, 6.45) is 4.52. The lowest BCUT2D eigenvalue weighted by Crippen LogP contribution is -2.03. The Bertz CT molecular complexity index is 305. The van der Waals surface area contributed by atoms with E-state index in [0.717, 1.165) is 18.4 Å². The normalized spacial score (nSPS) is 12.8. The molecule has 1 aromatic carbocycles. The second-order valence-corrected chi connectivity index (χ2v) is 4.67. The van der Waals surface area contributed by atoms with Crippen molar-refractivity contribution in [3.8, 4) is 0 Å². The van der Waals surface area contributed by atoms with Gasteiger partial charge < -0.3 is 4.74 Å². The minimum atomic E-state index is 0.00718. The minimum absolute atomic E-state index is 0.00718. The van der Waals surface area contributed by atoms with Crippen molar-refractivity contribution in [3.63, 3.8) is 0 Å². The average Bonchev–Trinajstić information content (AvgIpc) is 2.26. The summed E-state index contributed by atoms with van der Waals surface area (Å²) < 4.78 is 5.48. The van der Waals surface area contributed by atoms with E-state index in [9.17, 15) is 0 Å². The average molecular weight is 261 g/mol. The summed E-state index contributed by atoms with van der Waals surface area (Å²) in [6.45, 7) is 2.18. The van der Waals surface area contributed by atoms with Crippen LogP contribution in [-0.2, 0) is 4.74 Å². The zero-order chi connectivity index (χ0) is 12.0. The molecular weight excluding hydrogens is 243 g/mol. The van der Waals surface area contributed by atoms with Crippen molar-refractivity contribution in [2.45, 2.75) is 38.7 Å². The van der Waals surface area contributed by atoms with Gasteiger partial charge in [-0.2, -0.15) is 0 Å². The summed E-state index contributed by atoms with van der Waals surface area (Å²) in [5, 5.41) is 1.38. The number of ether oxygens (including phenoxy) is 1. The predicted molar refractivity (Wildman–Crippen MR) is 70.4 cm³/mol. The van der Waals surface area contributed by atoms with Crippen molar-refractivity contribution in [3.05, 3.63) is 33.8 Å². The van der Waals surface area contributed by atoms with E-state index in [-0.39, 0.29) is 6.10 Å². The molecule has 0 fully saturated rings. The number of halogens is 2. The van der Waals surface area contributed by atoms with Crippen molar-refractivity contribution in [2.24, 2.45) is 0 Å². The van der Waals surface area contributed by atoms with Gasteiger partial charge in [0, 0.05) is 22.7 Å². The van der Waals surface area contributed by atoms with Crippen LogP contribution in [-0.4, -0.2) is 7.11 Å². The van der Waals surface area contributed by atoms with Crippen molar-refractivity contribution in [2.75, 3.05) is 7.11 Å². The van der Waals surface area contributed by atoms with Gasteiger partial charge in [-0.25, -0.2) is 0 Å². The van der Waals surface area contributed by atoms with E-state index in [1.54, 1.807) is 7.11 Å². The SMILES string of the molecule is CCCCC[C@@H](OC)c1c(Cl)cccc1Cl. The van der Waals surface area contributed by atoms with E-state index in [4.69, 9.17) is 27.9 Å². The molecule has 1 nitrogen and oxygen atoms in total. The van der Waals surface area contributed by atoms with Gasteiger partial charge >= 0.3 is 0 Å². The molecule has 0 N–H and O–H groups in total. The van der Waals surface area contributed by atoms with Crippen LogP contribution in [0.4, 0.5) is 0 Å². The molecule has 0 unspecified atom stereocenters. The Morgan fingerprint density at radius 2 is 1.81 bits per heavy atom. The first-order chi connectivity index (χ1) is 7.70. The van der Waals surface area contributed by atoms with Gasteiger partial charge in [0.05, 0.1) is 6.10 Å². The first kappa shape index (κ1) is 13.8. The van der Waals surface area contributed by atoms with Crippen LogP contribution in [0.15, 0.2) is 18.2 Å². The van der Waals surface area contributed by atoms with Crippen LogP contribution in [0.1, 0.15) is 44.3 Å². The van der Waals surface area contributed by atoms with Crippen LogP contribution in [0.3, 0.4) is 0 Å². The number of benzene rings is 1. The molecule has 0 heterocycles. The van der Waals surface area contributed by atoms with Crippen LogP contribution < -0.4 is 0 Å². The van der Waals surface area contributed by atoms with E-state index >= 15 is 0 Å². The second-order valence-electron chi connectivity index (χ2n) is 3.86. The summed E-state index contributed by atoms with van der Waals surface area (Å²) >= 11 is 12.3. The molecule has 1 rings (SSSR count). The summed E-state index contributed by atoms with van der Waals surface area (Å²) in [5.74, 6) is 0. The van der Waals surface area contributed by atoms with Crippen LogP contribution in [0, 0.1) is 0 Å². The fourth-order valence-corrected chi connectivity index (χ4v) is 2.42. The largest absolute Gasteiger partial charge is 0.377 e. The van der Waals surface area contributed by atoms with Crippen LogP contribution in [0.2, 0.25) is 10.0 Å². The lowest BCUT2D eigenvalue weighted by atomic mass is 10.0. The summed E-state index contributed by atoms with van der Waals surface area (Å²) in [5.41, 5.74) is 0.921. The molecule has 0 aromatic heterocycles. The molecule has 0 saturated carbocycles. The van der Waals surface area contributed by atoms with Crippen molar-refractivity contribution in [1.82, 2.24) is 0 Å². The molecule has 0 saturated heterocycles. The van der Waals surface area contributed by atoms with E-state index < -0.39 is 0 Å². The lowest BCUT2D eigenvalue weighted by Gasteiger charge is -2.18. The van der Waals surface area contributed by atoms with Gasteiger partial charge in [0.25, 0.3) is 0 Å². The van der Waals surface area contributed by atoms with Gasteiger partial charge in [0.2, 0.25) is 0 Å². The third kappa shape index (κ3) is 3.65. The van der Waals surface area contributed by atoms with Gasteiger partial charge in [-0.3, -0.25) is 0 Å². The Kier molecular flexibility index (Phi) is 6.18. The molecule has 16 heavy (non-hydrogen) atoms. The molecule has 3 heteroatoms. The number of unbranched alkanes of at least 4 members (excludes halogenated alkanes) is 2. The van der Waals surface area contributed by atoms with Gasteiger partial charge in [-0.15, -0.1) is 0 Å². The van der Waals surface area contributed by atoms with E-state index in [0.29, 0.717) is 10.0 Å². The van der Waals surface area contributed by atoms with Crippen LogP contribution in [0.25, 0.3) is 0 Å². The van der Waals surface area contributed by atoms with Gasteiger partial charge in [-0.05, 0) is 18.6 Å². The topological polar surface area (TPSA) is 9.23 Å². The van der Waals surface area contributed by atoms with Gasteiger partial charge in [-0.1, -0.05) is 55.5 Å². The highest BCUT2D eigenvalue weighted by Gasteiger charge is 2.16. The highest BCUT2D eigenvalue weighted by atomic mass is 35.5. The molecule has 1 atom stereocenters.